The van der Waals surface area contributed by atoms with E-state index in [1.165, 1.54) is 20.3 Å². The second kappa shape index (κ2) is 13.1. The summed E-state index contributed by atoms with van der Waals surface area (Å²) < 4.78 is 24.1. The third-order valence-corrected chi connectivity index (χ3v) is 9.59. The summed E-state index contributed by atoms with van der Waals surface area (Å²) in [5, 5.41) is 4.34. The number of nitrogens with one attached hydrogen (secondary N) is 1. The van der Waals surface area contributed by atoms with E-state index in [1.807, 2.05) is 28.8 Å². The van der Waals surface area contributed by atoms with Crippen molar-refractivity contribution in [3.05, 3.63) is 65.6 Å². The van der Waals surface area contributed by atoms with Gasteiger partial charge in [-0.05, 0) is 18.2 Å². The van der Waals surface area contributed by atoms with Gasteiger partial charge in [-0.3, -0.25) is 14.1 Å². The summed E-state index contributed by atoms with van der Waals surface area (Å²) >= 11 is 13.6. The first-order chi connectivity index (χ1) is 23.3. The number of anilines is 2. The Morgan fingerprint density at radius 1 is 0.938 bits per heavy atom. The minimum atomic E-state index is -0.323. The molecule has 0 saturated carbocycles. The Labute approximate surface area is 286 Å². The normalized spacial score (nSPS) is 15.4. The Kier molecular flexibility index (Phi) is 8.73. The Morgan fingerprint density at radius 3 is 2.27 bits per heavy atom. The van der Waals surface area contributed by atoms with Crippen molar-refractivity contribution in [1.29, 1.82) is 0 Å². The first kappa shape index (κ1) is 32.0. The standard InChI is InChI=1S/C34H33Cl2N7O5/c1-5-28(44)39-23-13-21(25(45-2)14-24(23)42-10-8-41(9-11-42)20-17-48-18-20)32-38-16-19-12-22(34-37-6-7-43(34)33(19)40-32)29-30(35)26(46-3)15-27(47-4)31(29)36/h5-7,12-16,20H,1,8-11,17-18H2,2-4H3,(H,39,44). The number of nitrogens with zero attached hydrogens (tertiary/aromatic N) is 6. The lowest BCUT2D eigenvalue weighted by Gasteiger charge is -2.43. The Morgan fingerprint density at radius 2 is 1.65 bits per heavy atom. The molecule has 48 heavy (non-hydrogen) atoms. The number of ether oxygens (including phenoxy) is 4. The zero-order valence-electron chi connectivity index (χ0n) is 26.6. The highest BCUT2D eigenvalue weighted by Crippen LogP contribution is 2.47. The SMILES string of the molecule is C=CC(=O)Nc1cc(-c2ncc3cc(-c4c(Cl)c(OC)cc(OC)c4Cl)c4nccn4c3n2)c(OC)cc1N1CCN(C2COC2)CC1. The van der Waals surface area contributed by atoms with Crippen molar-refractivity contribution in [2.45, 2.75) is 6.04 Å². The highest BCUT2D eigenvalue weighted by atomic mass is 35.5. The summed E-state index contributed by atoms with van der Waals surface area (Å²) in [7, 11) is 4.66. The van der Waals surface area contributed by atoms with E-state index in [2.05, 4.69) is 26.7 Å². The van der Waals surface area contributed by atoms with Crippen molar-refractivity contribution < 1.29 is 23.7 Å². The number of fused-ring (bicyclic) bond motifs is 3. The average Bonchev–Trinajstić information content (AvgIpc) is 3.58. The molecule has 0 spiro atoms. The molecule has 0 bridgehead atoms. The fourth-order valence-corrected chi connectivity index (χ4v) is 6.93. The predicted octanol–water partition coefficient (Wildman–Crippen LogP) is 5.59. The minimum Gasteiger partial charge on any atom is -0.496 e. The van der Waals surface area contributed by atoms with Gasteiger partial charge in [-0.2, -0.15) is 0 Å². The summed E-state index contributed by atoms with van der Waals surface area (Å²) in [6, 6.07) is 7.78. The number of hydrogen-bond donors (Lipinski definition) is 1. The second-order valence-electron chi connectivity index (χ2n) is 11.4. The van der Waals surface area contributed by atoms with Crippen molar-refractivity contribution in [2.75, 3.05) is 70.9 Å². The number of piperazine rings is 1. The highest BCUT2D eigenvalue weighted by molar-refractivity contribution is 6.41. The number of carbonyl (C=O) groups is 1. The molecule has 1 amide bonds. The van der Waals surface area contributed by atoms with Crippen molar-refractivity contribution in [3.63, 3.8) is 0 Å². The molecule has 12 nitrogen and oxygen atoms in total. The summed E-state index contributed by atoms with van der Waals surface area (Å²) in [4.78, 5) is 31.7. The van der Waals surface area contributed by atoms with Crippen LogP contribution < -0.4 is 24.4 Å². The number of imidazole rings is 1. The fraction of sp³-hybridized carbons (Fsp3) is 0.294. The molecule has 2 aliphatic heterocycles. The lowest BCUT2D eigenvalue weighted by Crippen LogP contribution is -2.56. The smallest absolute Gasteiger partial charge is 0.247 e. The molecular weight excluding hydrogens is 657 g/mol. The van der Waals surface area contributed by atoms with Crippen molar-refractivity contribution in [2.24, 2.45) is 0 Å². The molecule has 0 aliphatic carbocycles. The van der Waals surface area contributed by atoms with Gasteiger partial charge in [0.05, 0.1) is 67.6 Å². The van der Waals surface area contributed by atoms with Crippen LogP contribution >= 0.6 is 23.2 Å². The van der Waals surface area contributed by atoms with Crippen LogP contribution in [-0.4, -0.2) is 96.9 Å². The van der Waals surface area contributed by atoms with E-state index >= 15 is 0 Å². The first-order valence-corrected chi connectivity index (χ1v) is 16.1. The number of aromatic nitrogens is 4. The van der Waals surface area contributed by atoms with Crippen LogP contribution in [0.5, 0.6) is 17.2 Å². The van der Waals surface area contributed by atoms with Gasteiger partial charge in [0.1, 0.15) is 28.5 Å². The number of carbonyl (C=O) groups excluding carboxylic acids is 1. The van der Waals surface area contributed by atoms with Gasteiger partial charge in [0.25, 0.3) is 0 Å². The summed E-state index contributed by atoms with van der Waals surface area (Å²) in [5.74, 6) is 1.47. The first-order valence-electron chi connectivity index (χ1n) is 15.3. The van der Waals surface area contributed by atoms with Crippen LogP contribution in [0.1, 0.15) is 0 Å². The zero-order valence-corrected chi connectivity index (χ0v) is 28.1. The van der Waals surface area contributed by atoms with E-state index in [-0.39, 0.29) is 5.91 Å². The minimum absolute atomic E-state index is 0.322. The quantitative estimate of drug-likeness (QED) is 0.196. The van der Waals surface area contributed by atoms with E-state index < -0.39 is 0 Å². The van der Waals surface area contributed by atoms with E-state index in [0.717, 1.165) is 45.1 Å². The van der Waals surface area contributed by atoms with Crippen LogP contribution in [-0.2, 0) is 9.53 Å². The number of amides is 1. The maximum absolute atomic E-state index is 12.6. The number of rotatable bonds is 9. The number of halogens is 2. The molecule has 3 aromatic heterocycles. The third-order valence-electron chi connectivity index (χ3n) is 8.84. The molecule has 5 heterocycles. The fourth-order valence-electron chi connectivity index (χ4n) is 6.23. The van der Waals surface area contributed by atoms with Crippen molar-refractivity contribution in [1.82, 2.24) is 24.3 Å². The van der Waals surface area contributed by atoms with Gasteiger partial charge in [0, 0.05) is 73.4 Å². The molecule has 5 aromatic rings. The molecule has 2 fully saturated rings. The molecule has 0 atom stereocenters. The highest BCUT2D eigenvalue weighted by Gasteiger charge is 2.30. The molecular formula is C34H33Cl2N7O5. The molecule has 2 aliphatic rings. The maximum atomic E-state index is 12.6. The number of methoxy groups -OCH3 is 3. The van der Waals surface area contributed by atoms with Crippen LogP contribution in [0.15, 0.2) is 55.5 Å². The van der Waals surface area contributed by atoms with Crippen LogP contribution in [0.2, 0.25) is 10.0 Å². The summed E-state index contributed by atoms with van der Waals surface area (Å²) in [5.41, 5.74) is 4.39. The molecule has 2 aromatic carbocycles. The number of hydrogen-bond acceptors (Lipinski definition) is 10. The van der Waals surface area contributed by atoms with E-state index in [9.17, 15) is 4.79 Å². The van der Waals surface area contributed by atoms with E-state index in [0.29, 0.717) is 78.2 Å². The summed E-state index contributed by atoms with van der Waals surface area (Å²) in [6.45, 7) is 8.56. The van der Waals surface area contributed by atoms with Crippen molar-refractivity contribution >= 4 is 57.2 Å². The van der Waals surface area contributed by atoms with Crippen LogP contribution in [0.3, 0.4) is 0 Å². The van der Waals surface area contributed by atoms with Gasteiger partial charge >= 0.3 is 0 Å². The summed E-state index contributed by atoms with van der Waals surface area (Å²) in [6.07, 6.45) is 6.45. The lowest BCUT2D eigenvalue weighted by atomic mass is 10.0. The molecule has 0 unspecified atom stereocenters. The predicted molar refractivity (Wildman–Crippen MR) is 186 cm³/mol. The van der Waals surface area contributed by atoms with E-state index in [4.69, 9.17) is 52.1 Å². The second-order valence-corrected chi connectivity index (χ2v) is 12.2. The van der Waals surface area contributed by atoms with Gasteiger partial charge in [0.15, 0.2) is 5.82 Å². The van der Waals surface area contributed by atoms with Crippen LogP contribution in [0.4, 0.5) is 11.4 Å². The Bertz CT molecular complexity index is 2030. The van der Waals surface area contributed by atoms with Crippen LogP contribution in [0, 0.1) is 0 Å². The van der Waals surface area contributed by atoms with Gasteiger partial charge in [-0.25, -0.2) is 15.0 Å². The third kappa shape index (κ3) is 5.54. The lowest BCUT2D eigenvalue weighted by molar-refractivity contribution is -0.111. The van der Waals surface area contributed by atoms with E-state index in [1.54, 1.807) is 25.6 Å². The molecule has 1 N–H and O–H groups in total. The monoisotopic (exact) mass is 689 g/mol. The average molecular weight is 691 g/mol. The van der Waals surface area contributed by atoms with Crippen molar-refractivity contribution in [3.8, 4) is 39.8 Å². The van der Waals surface area contributed by atoms with Gasteiger partial charge in [0.2, 0.25) is 5.91 Å². The molecule has 248 valence electrons. The largest absolute Gasteiger partial charge is 0.496 e. The van der Waals surface area contributed by atoms with Gasteiger partial charge in [-0.1, -0.05) is 29.8 Å². The molecule has 7 rings (SSSR count). The zero-order chi connectivity index (χ0) is 33.5. The number of pyridine rings is 1. The Hall–Kier alpha value is -4.62. The molecule has 2 saturated heterocycles. The molecule has 0 radical (unpaired) electrons. The Balaban J connectivity index is 1.33. The molecule has 14 heteroatoms. The van der Waals surface area contributed by atoms with Gasteiger partial charge in [-0.15, -0.1) is 0 Å². The number of benzene rings is 2. The maximum Gasteiger partial charge on any atom is 0.247 e. The van der Waals surface area contributed by atoms with Crippen LogP contribution in [0.25, 0.3) is 39.2 Å². The van der Waals surface area contributed by atoms with Gasteiger partial charge < -0.3 is 29.2 Å². The topological polar surface area (TPSA) is 116 Å².